The Kier molecular flexibility index (Phi) is 5.08. The molecule has 0 spiro atoms. The summed E-state index contributed by atoms with van der Waals surface area (Å²) in [5, 5.41) is 11.7. The number of rotatable bonds is 3. The van der Waals surface area contributed by atoms with Crippen LogP contribution < -0.4 is 5.46 Å². The summed E-state index contributed by atoms with van der Waals surface area (Å²) in [6.07, 6.45) is 0. The third kappa shape index (κ3) is 3.53. The smallest absolute Gasteiger partial charge is 0.399 e. The summed E-state index contributed by atoms with van der Waals surface area (Å²) in [6, 6.07) is 33.5. The summed E-state index contributed by atoms with van der Waals surface area (Å²) in [5.74, 6) is 0. The maximum atomic E-state index is 9.44. The van der Waals surface area contributed by atoms with Gasteiger partial charge in [-0.3, -0.25) is 0 Å². The predicted molar refractivity (Wildman–Crippen MR) is 147 cm³/mol. The summed E-state index contributed by atoms with van der Waals surface area (Å²) in [5.41, 5.74) is 6.41. The van der Waals surface area contributed by atoms with Crippen molar-refractivity contribution in [3.05, 3.63) is 96.6 Å². The second-order valence-corrected chi connectivity index (χ2v) is 10.5. The highest BCUT2D eigenvalue weighted by molar-refractivity contribution is 6.62. The number of fused-ring (bicyclic) bond motifs is 3. The van der Waals surface area contributed by atoms with Gasteiger partial charge in [-0.25, -0.2) is 0 Å². The van der Waals surface area contributed by atoms with Crippen molar-refractivity contribution in [2.24, 2.45) is 0 Å². The first-order chi connectivity index (χ1) is 17.3. The normalized spacial score (nSPS) is 16.5. The highest BCUT2D eigenvalue weighted by atomic mass is 16.7. The average Bonchev–Trinajstić information content (AvgIpc) is 3.33. The lowest BCUT2D eigenvalue weighted by atomic mass is 9.78. The van der Waals surface area contributed by atoms with Crippen molar-refractivity contribution in [1.29, 1.82) is 5.26 Å². The van der Waals surface area contributed by atoms with Gasteiger partial charge in [0.05, 0.1) is 33.9 Å². The van der Waals surface area contributed by atoms with Gasteiger partial charge >= 0.3 is 7.12 Å². The zero-order chi connectivity index (χ0) is 25.1. The van der Waals surface area contributed by atoms with Crippen LogP contribution in [0.1, 0.15) is 33.3 Å². The van der Waals surface area contributed by atoms with Gasteiger partial charge in [-0.15, -0.1) is 0 Å². The number of nitriles is 1. The Hall–Kier alpha value is -3.85. The highest BCUT2D eigenvalue weighted by Crippen LogP contribution is 2.37. The van der Waals surface area contributed by atoms with Crippen molar-refractivity contribution in [1.82, 2.24) is 4.57 Å². The number of benzene rings is 4. The van der Waals surface area contributed by atoms with Crippen molar-refractivity contribution in [2.45, 2.75) is 38.9 Å². The SMILES string of the molecule is CC1(C)OB(c2cccc(-c3cccc(-n4c5ccccc5c5cc(C#N)ccc54)c3)c2)OC1(C)C. The molecule has 1 aromatic heterocycles. The van der Waals surface area contributed by atoms with Crippen LogP contribution in [0, 0.1) is 11.3 Å². The van der Waals surface area contributed by atoms with Gasteiger partial charge in [-0.1, -0.05) is 54.6 Å². The fourth-order valence-electron chi connectivity index (χ4n) is 4.99. The Labute approximate surface area is 211 Å². The molecule has 5 aromatic rings. The minimum Gasteiger partial charge on any atom is -0.399 e. The molecule has 0 unspecified atom stereocenters. The second kappa shape index (κ2) is 8.10. The van der Waals surface area contributed by atoms with Crippen LogP contribution in [0.3, 0.4) is 0 Å². The molecule has 4 nitrogen and oxygen atoms in total. The Morgan fingerprint density at radius 3 is 2.11 bits per heavy atom. The second-order valence-electron chi connectivity index (χ2n) is 10.5. The minimum atomic E-state index is -0.398. The molecule has 0 atom stereocenters. The minimum absolute atomic E-state index is 0.379. The van der Waals surface area contributed by atoms with Crippen molar-refractivity contribution in [2.75, 3.05) is 0 Å². The highest BCUT2D eigenvalue weighted by Gasteiger charge is 2.51. The molecule has 1 fully saturated rings. The van der Waals surface area contributed by atoms with Gasteiger partial charge in [-0.05, 0) is 80.7 Å². The summed E-state index contributed by atoms with van der Waals surface area (Å²) in [4.78, 5) is 0. The maximum Gasteiger partial charge on any atom is 0.494 e. The first kappa shape index (κ1) is 22.6. The van der Waals surface area contributed by atoms with Gasteiger partial charge in [0.15, 0.2) is 0 Å². The molecule has 0 bridgehead atoms. The topological polar surface area (TPSA) is 47.2 Å². The van der Waals surface area contributed by atoms with E-state index < -0.39 is 7.12 Å². The predicted octanol–water partition coefficient (Wildman–Crippen LogP) is 6.62. The zero-order valence-corrected chi connectivity index (χ0v) is 20.9. The van der Waals surface area contributed by atoms with E-state index in [-0.39, 0.29) is 11.2 Å². The standard InChI is InChI=1S/C31H27BN2O2/c1-30(2)31(3,4)36-32(35-30)24-11-7-9-22(18-24)23-10-8-12-25(19-23)34-28-14-6-5-13-26(28)27-17-21(20-33)15-16-29(27)34/h5-19H,1-4H3. The monoisotopic (exact) mass is 470 g/mol. The summed E-state index contributed by atoms with van der Waals surface area (Å²) >= 11 is 0. The molecular formula is C31H27BN2O2. The summed E-state index contributed by atoms with van der Waals surface area (Å²) in [7, 11) is -0.398. The third-order valence-corrected chi connectivity index (χ3v) is 7.65. The van der Waals surface area contributed by atoms with Crippen LogP contribution in [0.2, 0.25) is 0 Å². The Bertz CT molecular complexity index is 1660. The molecule has 0 amide bonds. The van der Waals surface area contributed by atoms with Crippen molar-refractivity contribution in [3.8, 4) is 22.9 Å². The Balaban J connectivity index is 1.45. The average molecular weight is 470 g/mol. The first-order valence-electron chi connectivity index (χ1n) is 12.3. The maximum absolute atomic E-state index is 9.44. The van der Waals surface area contributed by atoms with E-state index in [1.807, 2.05) is 24.3 Å². The number of hydrogen-bond donors (Lipinski definition) is 0. The molecule has 1 saturated heterocycles. The Morgan fingerprint density at radius 1 is 0.694 bits per heavy atom. The molecule has 6 rings (SSSR count). The largest absolute Gasteiger partial charge is 0.494 e. The number of para-hydroxylation sites is 1. The lowest BCUT2D eigenvalue weighted by Gasteiger charge is -2.32. The quantitative estimate of drug-likeness (QED) is 0.279. The van der Waals surface area contributed by atoms with E-state index >= 15 is 0 Å². The molecule has 0 saturated carbocycles. The van der Waals surface area contributed by atoms with Gasteiger partial charge < -0.3 is 13.9 Å². The van der Waals surface area contributed by atoms with E-state index in [9.17, 15) is 5.26 Å². The molecule has 0 N–H and O–H groups in total. The van der Waals surface area contributed by atoms with Crippen LogP contribution >= 0.6 is 0 Å². The number of hydrogen-bond acceptors (Lipinski definition) is 3. The van der Waals surface area contributed by atoms with Gasteiger partial charge in [0.1, 0.15) is 0 Å². The van der Waals surface area contributed by atoms with E-state index in [2.05, 4.69) is 105 Å². The van der Waals surface area contributed by atoms with Gasteiger partial charge in [0.2, 0.25) is 0 Å². The van der Waals surface area contributed by atoms with Crippen LogP contribution in [0.4, 0.5) is 0 Å². The molecule has 36 heavy (non-hydrogen) atoms. The molecule has 176 valence electrons. The molecular weight excluding hydrogens is 443 g/mol. The lowest BCUT2D eigenvalue weighted by Crippen LogP contribution is -2.41. The van der Waals surface area contributed by atoms with Crippen LogP contribution in [-0.2, 0) is 9.31 Å². The van der Waals surface area contributed by atoms with E-state index in [0.29, 0.717) is 5.56 Å². The fourth-order valence-corrected chi connectivity index (χ4v) is 4.99. The third-order valence-electron chi connectivity index (χ3n) is 7.65. The Morgan fingerprint density at radius 2 is 1.36 bits per heavy atom. The van der Waals surface area contributed by atoms with Crippen LogP contribution in [0.25, 0.3) is 38.6 Å². The van der Waals surface area contributed by atoms with Crippen molar-refractivity contribution >= 4 is 34.4 Å². The molecule has 5 heteroatoms. The van der Waals surface area contributed by atoms with Gasteiger partial charge in [0.25, 0.3) is 0 Å². The molecule has 2 heterocycles. The van der Waals surface area contributed by atoms with Crippen LogP contribution in [0.15, 0.2) is 91.0 Å². The molecule has 4 aromatic carbocycles. The zero-order valence-electron chi connectivity index (χ0n) is 20.9. The summed E-state index contributed by atoms with van der Waals surface area (Å²) in [6.45, 7) is 8.30. The van der Waals surface area contributed by atoms with E-state index in [0.717, 1.165) is 44.1 Å². The van der Waals surface area contributed by atoms with E-state index in [4.69, 9.17) is 9.31 Å². The molecule has 0 radical (unpaired) electrons. The van der Waals surface area contributed by atoms with Crippen molar-refractivity contribution in [3.63, 3.8) is 0 Å². The van der Waals surface area contributed by atoms with Crippen LogP contribution in [-0.4, -0.2) is 22.9 Å². The van der Waals surface area contributed by atoms with E-state index in [1.165, 1.54) is 0 Å². The van der Waals surface area contributed by atoms with Gasteiger partial charge in [0, 0.05) is 16.5 Å². The van der Waals surface area contributed by atoms with Crippen molar-refractivity contribution < 1.29 is 9.31 Å². The van der Waals surface area contributed by atoms with E-state index in [1.54, 1.807) is 0 Å². The molecule has 1 aliphatic heterocycles. The molecule has 0 aliphatic carbocycles. The number of nitrogens with zero attached hydrogens (tertiary/aromatic N) is 2. The summed E-state index contributed by atoms with van der Waals surface area (Å²) < 4.78 is 14.9. The van der Waals surface area contributed by atoms with Crippen LogP contribution in [0.5, 0.6) is 0 Å². The van der Waals surface area contributed by atoms with Gasteiger partial charge in [-0.2, -0.15) is 5.26 Å². The number of aromatic nitrogens is 1. The lowest BCUT2D eigenvalue weighted by molar-refractivity contribution is 0.00578. The molecule has 1 aliphatic rings. The fraction of sp³-hybridized carbons (Fsp3) is 0.194. The first-order valence-corrected chi connectivity index (χ1v) is 12.3.